The van der Waals surface area contributed by atoms with Crippen LogP contribution < -0.4 is 5.43 Å². The van der Waals surface area contributed by atoms with Crippen molar-refractivity contribution in [1.82, 2.24) is 5.43 Å². The van der Waals surface area contributed by atoms with E-state index in [4.69, 9.17) is 23.2 Å². The van der Waals surface area contributed by atoms with Gasteiger partial charge in [0.2, 0.25) is 5.91 Å². The van der Waals surface area contributed by atoms with Gasteiger partial charge in [-0.15, -0.1) is 11.8 Å². The van der Waals surface area contributed by atoms with E-state index in [9.17, 15) is 9.90 Å². The third-order valence-electron chi connectivity index (χ3n) is 2.56. The van der Waals surface area contributed by atoms with E-state index < -0.39 is 0 Å². The molecule has 7 heteroatoms. The molecular weight excluding hydrogens is 343 g/mol. The van der Waals surface area contributed by atoms with Crippen molar-refractivity contribution in [3.05, 3.63) is 58.1 Å². The molecule has 0 aliphatic heterocycles. The van der Waals surface area contributed by atoms with Gasteiger partial charge in [0.15, 0.2) is 0 Å². The first-order chi connectivity index (χ1) is 10.5. The Morgan fingerprint density at radius 3 is 2.64 bits per heavy atom. The number of hydrogen-bond acceptors (Lipinski definition) is 4. The summed E-state index contributed by atoms with van der Waals surface area (Å²) in [4.78, 5) is 12.6. The standard InChI is InChI=1S/C15H12Cl2N2O2S/c16-11-2-4-12(5-3-11)22-9-15(21)19-18-8-10-1-6-14(20)13(17)7-10/h1-8,20H,9H2,(H,19,21)/b18-8-. The maximum Gasteiger partial charge on any atom is 0.250 e. The molecule has 2 aromatic carbocycles. The zero-order valence-electron chi connectivity index (χ0n) is 11.3. The first-order valence-electron chi connectivity index (χ1n) is 6.23. The Hall–Kier alpha value is -1.69. The van der Waals surface area contributed by atoms with E-state index in [1.165, 1.54) is 24.0 Å². The summed E-state index contributed by atoms with van der Waals surface area (Å²) < 4.78 is 0. The predicted molar refractivity (Wildman–Crippen MR) is 91.0 cm³/mol. The number of carbonyl (C=O) groups excluding carboxylic acids is 1. The molecular formula is C15H12Cl2N2O2S. The molecule has 0 heterocycles. The molecule has 0 aliphatic rings. The monoisotopic (exact) mass is 354 g/mol. The molecule has 0 radical (unpaired) electrons. The Bertz CT molecular complexity index is 690. The predicted octanol–water partition coefficient (Wildman–Crippen LogP) is 3.94. The van der Waals surface area contributed by atoms with Gasteiger partial charge >= 0.3 is 0 Å². The summed E-state index contributed by atoms with van der Waals surface area (Å²) in [6.45, 7) is 0. The number of rotatable bonds is 5. The van der Waals surface area contributed by atoms with Gasteiger partial charge in [-0.3, -0.25) is 4.79 Å². The van der Waals surface area contributed by atoms with Gasteiger partial charge in [0, 0.05) is 9.92 Å². The van der Waals surface area contributed by atoms with Crippen LogP contribution in [0, 0.1) is 0 Å². The van der Waals surface area contributed by atoms with Gasteiger partial charge in [-0.2, -0.15) is 5.10 Å². The number of aromatic hydroxyl groups is 1. The number of nitrogens with zero attached hydrogens (tertiary/aromatic N) is 1. The number of amides is 1. The van der Waals surface area contributed by atoms with E-state index in [0.29, 0.717) is 10.6 Å². The molecule has 2 N–H and O–H groups in total. The summed E-state index contributed by atoms with van der Waals surface area (Å²) >= 11 is 13.0. The molecule has 0 atom stereocenters. The average molecular weight is 355 g/mol. The smallest absolute Gasteiger partial charge is 0.250 e. The maximum atomic E-state index is 11.7. The molecule has 0 saturated carbocycles. The number of carbonyl (C=O) groups is 1. The SMILES string of the molecule is O=C(CSc1ccc(Cl)cc1)N/N=C\c1ccc(O)c(Cl)c1. The van der Waals surface area contributed by atoms with Gasteiger partial charge in [-0.25, -0.2) is 5.43 Å². The second kappa shape index (κ2) is 8.08. The Morgan fingerprint density at radius 1 is 1.23 bits per heavy atom. The molecule has 0 bridgehead atoms. The van der Waals surface area contributed by atoms with Crippen LogP contribution in [-0.4, -0.2) is 23.0 Å². The van der Waals surface area contributed by atoms with Crippen LogP contribution in [0.3, 0.4) is 0 Å². The minimum atomic E-state index is -0.221. The van der Waals surface area contributed by atoms with Crippen LogP contribution >= 0.6 is 35.0 Å². The number of benzene rings is 2. The largest absolute Gasteiger partial charge is 0.506 e. The number of halogens is 2. The normalized spacial score (nSPS) is 10.8. The van der Waals surface area contributed by atoms with Crippen molar-refractivity contribution in [2.75, 3.05) is 5.75 Å². The fraction of sp³-hybridized carbons (Fsp3) is 0.0667. The van der Waals surface area contributed by atoms with Crippen molar-refractivity contribution in [2.24, 2.45) is 5.10 Å². The minimum absolute atomic E-state index is 0.00205. The molecule has 0 aromatic heterocycles. The highest BCUT2D eigenvalue weighted by molar-refractivity contribution is 8.00. The van der Waals surface area contributed by atoms with Gasteiger partial charge in [-0.1, -0.05) is 23.2 Å². The van der Waals surface area contributed by atoms with Gasteiger partial charge < -0.3 is 5.11 Å². The summed E-state index contributed by atoms with van der Waals surface area (Å²) in [5, 5.41) is 14.0. The zero-order chi connectivity index (χ0) is 15.9. The quantitative estimate of drug-likeness (QED) is 0.485. The molecule has 0 aliphatic carbocycles. The van der Waals surface area contributed by atoms with Gasteiger partial charge in [0.25, 0.3) is 0 Å². The number of hydrogen-bond donors (Lipinski definition) is 2. The van der Waals surface area contributed by atoms with Crippen molar-refractivity contribution in [2.45, 2.75) is 4.90 Å². The summed E-state index contributed by atoms with van der Waals surface area (Å²) in [5.74, 6) is 0.0262. The number of nitrogens with one attached hydrogen (secondary N) is 1. The van der Waals surface area contributed by atoms with Gasteiger partial charge in [-0.05, 0) is 48.0 Å². The highest BCUT2D eigenvalue weighted by Crippen LogP contribution is 2.23. The first-order valence-corrected chi connectivity index (χ1v) is 7.97. The molecule has 4 nitrogen and oxygen atoms in total. The molecule has 2 aromatic rings. The average Bonchev–Trinajstić information content (AvgIpc) is 2.50. The highest BCUT2D eigenvalue weighted by Gasteiger charge is 2.02. The third kappa shape index (κ3) is 5.26. The second-order valence-corrected chi connectivity index (χ2v) is 6.14. The lowest BCUT2D eigenvalue weighted by Crippen LogP contribution is -2.19. The summed E-state index contributed by atoms with van der Waals surface area (Å²) in [6.07, 6.45) is 1.45. The van der Waals surface area contributed by atoms with Crippen LogP contribution in [0.25, 0.3) is 0 Å². The molecule has 0 unspecified atom stereocenters. The van der Waals surface area contributed by atoms with E-state index >= 15 is 0 Å². The lowest BCUT2D eigenvalue weighted by molar-refractivity contribution is -0.118. The Morgan fingerprint density at radius 2 is 1.95 bits per heavy atom. The van der Waals surface area contributed by atoms with E-state index in [1.54, 1.807) is 24.3 Å². The van der Waals surface area contributed by atoms with Gasteiger partial charge in [0.1, 0.15) is 5.75 Å². The summed E-state index contributed by atoms with van der Waals surface area (Å²) in [5.41, 5.74) is 3.10. The van der Waals surface area contributed by atoms with Crippen LogP contribution in [0.2, 0.25) is 10.0 Å². The number of hydrazone groups is 1. The molecule has 2 rings (SSSR count). The molecule has 0 fully saturated rings. The maximum absolute atomic E-state index is 11.7. The van der Waals surface area contributed by atoms with Crippen molar-refractivity contribution in [3.63, 3.8) is 0 Å². The lowest BCUT2D eigenvalue weighted by Gasteiger charge is -2.01. The van der Waals surface area contributed by atoms with E-state index in [-0.39, 0.29) is 22.4 Å². The van der Waals surface area contributed by atoms with Crippen molar-refractivity contribution in [3.8, 4) is 5.75 Å². The topological polar surface area (TPSA) is 61.7 Å². The van der Waals surface area contributed by atoms with Crippen molar-refractivity contribution >= 4 is 47.1 Å². The summed E-state index contributed by atoms with van der Waals surface area (Å²) in [7, 11) is 0. The lowest BCUT2D eigenvalue weighted by atomic mass is 10.2. The Balaban J connectivity index is 1.80. The molecule has 22 heavy (non-hydrogen) atoms. The van der Waals surface area contributed by atoms with Crippen LogP contribution in [0.15, 0.2) is 52.5 Å². The molecule has 0 spiro atoms. The number of phenols is 1. The van der Waals surface area contributed by atoms with E-state index in [2.05, 4.69) is 10.5 Å². The summed E-state index contributed by atoms with van der Waals surface area (Å²) in [6, 6.07) is 11.9. The Labute approximate surface area is 142 Å². The van der Waals surface area contributed by atoms with Crippen LogP contribution in [0.5, 0.6) is 5.75 Å². The second-order valence-electron chi connectivity index (χ2n) is 4.25. The van der Waals surface area contributed by atoms with Crippen molar-refractivity contribution in [1.29, 1.82) is 0 Å². The van der Waals surface area contributed by atoms with E-state index in [0.717, 1.165) is 4.90 Å². The minimum Gasteiger partial charge on any atom is -0.506 e. The fourth-order valence-electron chi connectivity index (χ4n) is 1.49. The van der Waals surface area contributed by atoms with Crippen molar-refractivity contribution < 1.29 is 9.90 Å². The number of phenolic OH excluding ortho intramolecular Hbond substituents is 1. The molecule has 0 saturated heterocycles. The van der Waals surface area contributed by atoms with Gasteiger partial charge in [0.05, 0.1) is 17.0 Å². The third-order valence-corrected chi connectivity index (χ3v) is 4.12. The fourth-order valence-corrected chi connectivity index (χ4v) is 2.50. The first kappa shape index (κ1) is 16.7. The number of thioether (sulfide) groups is 1. The molecule has 1 amide bonds. The van der Waals surface area contributed by atoms with Crippen LogP contribution in [0.4, 0.5) is 0 Å². The van der Waals surface area contributed by atoms with E-state index in [1.807, 2.05) is 12.1 Å². The molecule has 114 valence electrons. The van der Waals surface area contributed by atoms with Crippen LogP contribution in [0.1, 0.15) is 5.56 Å². The zero-order valence-corrected chi connectivity index (χ0v) is 13.6. The highest BCUT2D eigenvalue weighted by atomic mass is 35.5. The van der Waals surface area contributed by atoms with Crippen LogP contribution in [-0.2, 0) is 4.79 Å². The Kier molecular flexibility index (Phi) is 6.12.